The van der Waals surface area contributed by atoms with Crippen molar-refractivity contribution in [2.24, 2.45) is 11.7 Å². The van der Waals surface area contributed by atoms with Crippen LogP contribution in [-0.4, -0.2) is 44.0 Å². The van der Waals surface area contributed by atoms with Crippen molar-refractivity contribution in [3.63, 3.8) is 0 Å². The molecule has 1 rings (SSSR count). The molecule has 0 radical (unpaired) electrons. The lowest BCUT2D eigenvalue weighted by molar-refractivity contribution is -0.119. The molecular formula is C15H21ClN2O4. The van der Waals surface area contributed by atoms with Crippen LogP contribution < -0.4 is 15.2 Å². The molecule has 7 heteroatoms. The van der Waals surface area contributed by atoms with Crippen molar-refractivity contribution in [2.45, 2.75) is 13.8 Å². The van der Waals surface area contributed by atoms with Gasteiger partial charge in [-0.25, -0.2) is 0 Å². The Morgan fingerprint density at radius 3 is 2.50 bits per heavy atom. The lowest BCUT2D eigenvalue weighted by atomic mass is 10.1. The standard InChI is InChI=1S/C15H21ClN2O4/c1-9(2)7-18(3)15(20)10-5-11(16)14(12(6-10)21-4)22-8-13(17)19/h5-6,9H,7-8H2,1-4H3,(H2,17,19). The van der Waals surface area contributed by atoms with Gasteiger partial charge in [0.15, 0.2) is 18.1 Å². The third-order valence-electron chi connectivity index (χ3n) is 2.82. The van der Waals surface area contributed by atoms with Crippen molar-refractivity contribution in [2.75, 3.05) is 27.3 Å². The molecule has 6 nitrogen and oxygen atoms in total. The number of hydrogen-bond donors (Lipinski definition) is 1. The van der Waals surface area contributed by atoms with Crippen LogP contribution in [0.1, 0.15) is 24.2 Å². The Kier molecular flexibility index (Phi) is 6.49. The van der Waals surface area contributed by atoms with E-state index < -0.39 is 5.91 Å². The van der Waals surface area contributed by atoms with Gasteiger partial charge in [-0.2, -0.15) is 0 Å². The molecule has 0 aliphatic carbocycles. The summed E-state index contributed by atoms with van der Waals surface area (Å²) in [5.41, 5.74) is 5.42. The summed E-state index contributed by atoms with van der Waals surface area (Å²) in [5, 5.41) is 0.182. The van der Waals surface area contributed by atoms with Crippen LogP contribution in [-0.2, 0) is 4.79 Å². The Balaban J connectivity index is 3.06. The quantitative estimate of drug-likeness (QED) is 0.829. The third kappa shape index (κ3) is 4.80. The molecule has 0 aromatic heterocycles. The Labute approximate surface area is 135 Å². The highest BCUT2D eigenvalue weighted by Crippen LogP contribution is 2.36. The Morgan fingerprint density at radius 1 is 1.36 bits per heavy atom. The first kappa shape index (κ1) is 18.1. The second-order valence-corrected chi connectivity index (χ2v) is 5.73. The van der Waals surface area contributed by atoms with E-state index in [0.29, 0.717) is 18.0 Å². The number of methoxy groups -OCH3 is 1. The maximum Gasteiger partial charge on any atom is 0.255 e. The minimum absolute atomic E-state index is 0.171. The minimum Gasteiger partial charge on any atom is -0.493 e. The van der Waals surface area contributed by atoms with E-state index in [0.717, 1.165) is 0 Å². The molecule has 0 aliphatic rings. The SMILES string of the molecule is COc1cc(C(=O)N(C)CC(C)C)cc(Cl)c1OCC(N)=O. The Morgan fingerprint density at radius 2 is 2.00 bits per heavy atom. The van der Waals surface area contributed by atoms with Crippen LogP contribution >= 0.6 is 11.6 Å². The molecule has 1 aromatic rings. The van der Waals surface area contributed by atoms with Gasteiger partial charge in [-0.1, -0.05) is 25.4 Å². The van der Waals surface area contributed by atoms with Crippen LogP contribution in [0.2, 0.25) is 5.02 Å². The highest BCUT2D eigenvalue weighted by Gasteiger charge is 2.19. The first-order valence-electron chi connectivity index (χ1n) is 6.80. The minimum atomic E-state index is -0.630. The average Bonchev–Trinajstić information content (AvgIpc) is 2.43. The molecule has 0 atom stereocenters. The summed E-state index contributed by atoms with van der Waals surface area (Å²) in [6.07, 6.45) is 0. The molecule has 122 valence electrons. The highest BCUT2D eigenvalue weighted by molar-refractivity contribution is 6.32. The summed E-state index contributed by atoms with van der Waals surface area (Å²) in [6.45, 7) is 4.35. The average molecular weight is 329 g/mol. The summed E-state index contributed by atoms with van der Waals surface area (Å²) in [4.78, 5) is 24.8. The highest BCUT2D eigenvalue weighted by atomic mass is 35.5. The Hall–Kier alpha value is -1.95. The molecule has 0 aliphatic heterocycles. The Bertz CT molecular complexity index is 561. The van der Waals surface area contributed by atoms with Gasteiger partial charge in [-0.05, 0) is 18.1 Å². The van der Waals surface area contributed by atoms with Gasteiger partial charge in [-0.15, -0.1) is 0 Å². The summed E-state index contributed by atoms with van der Waals surface area (Å²) in [5.74, 6) is 0.0101. The molecule has 2 amide bonds. The first-order valence-corrected chi connectivity index (χ1v) is 7.18. The number of benzene rings is 1. The second-order valence-electron chi connectivity index (χ2n) is 5.32. The summed E-state index contributed by atoms with van der Waals surface area (Å²) >= 11 is 6.12. The van der Waals surface area contributed by atoms with Crippen molar-refractivity contribution in [3.8, 4) is 11.5 Å². The predicted molar refractivity (Wildman–Crippen MR) is 84.5 cm³/mol. The number of halogens is 1. The largest absolute Gasteiger partial charge is 0.493 e. The number of primary amides is 1. The second kappa shape index (κ2) is 7.89. The fourth-order valence-electron chi connectivity index (χ4n) is 1.98. The number of nitrogens with two attached hydrogens (primary N) is 1. The maximum atomic E-state index is 12.4. The number of carbonyl (C=O) groups is 2. The molecule has 0 saturated carbocycles. The lowest BCUT2D eigenvalue weighted by Crippen LogP contribution is -2.30. The smallest absolute Gasteiger partial charge is 0.255 e. The zero-order valence-corrected chi connectivity index (χ0v) is 13.9. The number of ether oxygens (including phenoxy) is 2. The van der Waals surface area contributed by atoms with Gasteiger partial charge in [0.2, 0.25) is 0 Å². The van der Waals surface area contributed by atoms with Crippen LogP contribution in [0.5, 0.6) is 11.5 Å². The lowest BCUT2D eigenvalue weighted by Gasteiger charge is -2.20. The van der Waals surface area contributed by atoms with Gasteiger partial charge in [0.1, 0.15) is 0 Å². The molecule has 0 spiro atoms. The van der Waals surface area contributed by atoms with E-state index in [1.54, 1.807) is 11.9 Å². The molecule has 0 heterocycles. The van der Waals surface area contributed by atoms with E-state index in [1.165, 1.54) is 19.2 Å². The fraction of sp³-hybridized carbons (Fsp3) is 0.467. The van der Waals surface area contributed by atoms with Gasteiger partial charge >= 0.3 is 0 Å². The van der Waals surface area contributed by atoms with E-state index >= 15 is 0 Å². The fourth-order valence-corrected chi connectivity index (χ4v) is 2.24. The van der Waals surface area contributed by atoms with Gasteiger partial charge in [-0.3, -0.25) is 9.59 Å². The van der Waals surface area contributed by atoms with Crippen molar-refractivity contribution in [1.29, 1.82) is 0 Å². The normalized spacial score (nSPS) is 10.5. The van der Waals surface area contributed by atoms with Crippen LogP contribution in [0.15, 0.2) is 12.1 Å². The number of rotatable bonds is 7. The van der Waals surface area contributed by atoms with E-state index in [1.807, 2.05) is 13.8 Å². The van der Waals surface area contributed by atoms with Gasteiger partial charge in [0.25, 0.3) is 11.8 Å². The molecule has 1 aromatic carbocycles. The number of amides is 2. The molecular weight excluding hydrogens is 308 g/mol. The van der Waals surface area contributed by atoms with Crippen LogP contribution in [0, 0.1) is 5.92 Å². The van der Waals surface area contributed by atoms with Crippen molar-refractivity contribution >= 4 is 23.4 Å². The van der Waals surface area contributed by atoms with E-state index in [-0.39, 0.29) is 29.0 Å². The summed E-state index contributed by atoms with van der Waals surface area (Å²) in [6, 6.07) is 3.01. The summed E-state index contributed by atoms with van der Waals surface area (Å²) in [7, 11) is 3.15. The molecule has 2 N–H and O–H groups in total. The molecule has 0 saturated heterocycles. The maximum absolute atomic E-state index is 12.4. The van der Waals surface area contributed by atoms with E-state index in [9.17, 15) is 9.59 Å². The first-order chi connectivity index (χ1) is 10.3. The van der Waals surface area contributed by atoms with Crippen molar-refractivity contribution in [3.05, 3.63) is 22.7 Å². The van der Waals surface area contributed by atoms with Crippen molar-refractivity contribution in [1.82, 2.24) is 4.90 Å². The van der Waals surface area contributed by atoms with Crippen molar-refractivity contribution < 1.29 is 19.1 Å². The molecule has 0 fully saturated rings. The third-order valence-corrected chi connectivity index (χ3v) is 3.10. The zero-order valence-electron chi connectivity index (χ0n) is 13.2. The van der Waals surface area contributed by atoms with Gasteiger partial charge in [0.05, 0.1) is 12.1 Å². The van der Waals surface area contributed by atoms with Gasteiger partial charge in [0, 0.05) is 19.2 Å². The predicted octanol–water partition coefficient (Wildman–Crippen LogP) is 1.94. The topological polar surface area (TPSA) is 81.9 Å². The number of hydrogen-bond acceptors (Lipinski definition) is 4. The monoisotopic (exact) mass is 328 g/mol. The molecule has 0 unspecified atom stereocenters. The molecule has 22 heavy (non-hydrogen) atoms. The number of carbonyl (C=O) groups excluding carboxylic acids is 2. The van der Waals surface area contributed by atoms with E-state index in [4.69, 9.17) is 26.8 Å². The van der Waals surface area contributed by atoms with Crippen LogP contribution in [0.4, 0.5) is 0 Å². The zero-order chi connectivity index (χ0) is 16.9. The van der Waals surface area contributed by atoms with Crippen LogP contribution in [0.3, 0.4) is 0 Å². The van der Waals surface area contributed by atoms with Gasteiger partial charge < -0.3 is 20.1 Å². The molecule has 0 bridgehead atoms. The number of nitrogens with zero attached hydrogens (tertiary/aromatic N) is 1. The summed E-state index contributed by atoms with van der Waals surface area (Å²) < 4.78 is 10.4. The van der Waals surface area contributed by atoms with E-state index in [2.05, 4.69) is 0 Å². The van der Waals surface area contributed by atoms with Crippen LogP contribution in [0.25, 0.3) is 0 Å².